The van der Waals surface area contributed by atoms with Gasteiger partial charge in [0.1, 0.15) is 10.7 Å². The number of para-hydroxylation sites is 1. The number of nitrogens with zero attached hydrogens (tertiary/aromatic N) is 2. The van der Waals surface area contributed by atoms with E-state index < -0.39 is 10.0 Å². The van der Waals surface area contributed by atoms with E-state index in [4.69, 9.17) is 0 Å². The topological polar surface area (TPSA) is 64.0 Å². The minimum atomic E-state index is -3.91. The Labute approximate surface area is 174 Å². The fourth-order valence-corrected chi connectivity index (χ4v) is 5.95. The SMILES string of the molecule is O=S(=O)(c1cccc2cccnc12)n1cc(CC2CCNCC2)c2cc(F)ccc21. The Morgan fingerprint density at radius 3 is 2.73 bits per heavy atom. The van der Waals surface area contributed by atoms with E-state index in [0.29, 0.717) is 22.3 Å². The zero-order valence-electron chi connectivity index (χ0n) is 16.4. The number of halogens is 1. The van der Waals surface area contributed by atoms with Crippen LogP contribution in [0.3, 0.4) is 0 Å². The van der Waals surface area contributed by atoms with Crippen LogP contribution in [0.1, 0.15) is 18.4 Å². The summed E-state index contributed by atoms with van der Waals surface area (Å²) in [4.78, 5) is 4.46. The zero-order valence-corrected chi connectivity index (χ0v) is 17.2. The molecule has 1 aliphatic rings. The van der Waals surface area contributed by atoms with Crippen LogP contribution in [-0.4, -0.2) is 30.5 Å². The number of benzene rings is 2. The highest BCUT2D eigenvalue weighted by atomic mass is 32.2. The molecule has 0 bridgehead atoms. The standard InChI is InChI=1S/C23H22FN3O2S/c24-19-6-7-21-20(14-19)18(13-16-8-11-25-12-9-16)15-27(21)30(28,29)22-5-1-3-17-4-2-10-26-23(17)22/h1-7,10,14-16,25H,8-9,11-13H2. The molecular formula is C23H22FN3O2S. The molecule has 0 aliphatic carbocycles. The largest absolute Gasteiger partial charge is 0.317 e. The average molecular weight is 424 g/mol. The number of rotatable bonds is 4. The first-order valence-corrected chi connectivity index (χ1v) is 11.6. The summed E-state index contributed by atoms with van der Waals surface area (Å²) in [5.74, 6) is 0.0894. The molecule has 5 rings (SSSR count). The Bertz CT molecular complexity index is 1340. The second-order valence-corrected chi connectivity index (χ2v) is 9.63. The quantitative estimate of drug-likeness (QED) is 0.537. The van der Waals surface area contributed by atoms with Crippen molar-refractivity contribution in [3.63, 3.8) is 0 Å². The Kier molecular flexibility index (Phi) is 4.79. The van der Waals surface area contributed by atoms with E-state index in [0.717, 1.165) is 43.3 Å². The molecule has 0 saturated carbocycles. The molecule has 2 aromatic heterocycles. The molecule has 4 aromatic rings. The van der Waals surface area contributed by atoms with E-state index in [-0.39, 0.29) is 10.7 Å². The van der Waals surface area contributed by atoms with Gasteiger partial charge in [-0.05, 0) is 74.2 Å². The maximum atomic E-state index is 14.1. The highest BCUT2D eigenvalue weighted by molar-refractivity contribution is 7.90. The number of fused-ring (bicyclic) bond motifs is 2. The molecule has 0 unspecified atom stereocenters. The maximum absolute atomic E-state index is 14.1. The van der Waals surface area contributed by atoms with Crippen LogP contribution in [0.15, 0.2) is 65.8 Å². The van der Waals surface area contributed by atoms with Crippen LogP contribution in [0.5, 0.6) is 0 Å². The molecule has 1 fully saturated rings. The number of aromatic nitrogens is 2. The molecule has 1 aliphatic heterocycles. The van der Waals surface area contributed by atoms with Crippen molar-refractivity contribution in [3.05, 3.63) is 72.3 Å². The lowest BCUT2D eigenvalue weighted by molar-refractivity contribution is 0.373. The van der Waals surface area contributed by atoms with Gasteiger partial charge in [0.05, 0.1) is 11.0 Å². The number of piperidine rings is 1. The maximum Gasteiger partial charge on any atom is 0.270 e. The van der Waals surface area contributed by atoms with Crippen molar-refractivity contribution in [3.8, 4) is 0 Å². The fraction of sp³-hybridized carbons (Fsp3) is 0.261. The van der Waals surface area contributed by atoms with Crippen molar-refractivity contribution >= 4 is 31.8 Å². The van der Waals surface area contributed by atoms with Crippen molar-refractivity contribution < 1.29 is 12.8 Å². The molecule has 1 saturated heterocycles. The summed E-state index contributed by atoms with van der Waals surface area (Å²) < 4.78 is 42.7. The van der Waals surface area contributed by atoms with Gasteiger partial charge in [0.25, 0.3) is 10.0 Å². The molecule has 30 heavy (non-hydrogen) atoms. The van der Waals surface area contributed by atoms with E-state index in [9.17, 15) is 12.8 Å². The highest BCUT2D eigenvalue weighted by Gasteiger charge is 2.25. The Morgan fingerprint density at radius 1 is 1.10 bits per heavy atom. The van der Waals surface area contributed by atoms with Gasteiger partial charge in [-0.25, -0.2) is 16.8 Å². The molecule has 0 radical (unpaired) electrons. The number of pyridine rings is 1. The smallest absolute Gasteiger partial charge is 0.270 e. The lowest BCUT2D eigenvalue weighted by Gasteiger charge is -2.22. The third kappa shape index (κ3) is 3.28. The first-order chi connectivity index (χ1) is 14.5. The van der Waals surface area contributed by atoms with Gasteiger partial charge < -0.3 is 5.32 Å². The van der Waals surface area contributed by atoms with Gasteiger partial charge in [0.15, 0.2) is 0 Å². The molecule has 7 heteroatoms. The van der Waals surface area contributed by atoms with Gasteiger partial charge in [-0.15, -0.1) is 0 Å². The summed E-state index contributed by atoms with van der Waals surface area (Å²) in [7, 11) is -3.91. The number of nitrogens with one attached hydrogen (secondary N) is 1. The third-order valence-electron chi connectivity index (χ3n) is 5.91. The lowest BCUT2D eigenvalue weighted by atomic mass is 9.91. The summed E-state index contributed by atoms with van der Waals surface area (Å²) >= 11 is 0. The molecule has 5 nitrogen and oxygen atoms in total. The summed E-state index contributed by atoms with van der Waals surface area (Å²) in [6.45, 7) is 1.91. The molecule has 154 valence electrons. The normalized spacial score (nSPS) is 15.8. The second-order valence-electron chi connectivity index (χ2n) is 7.85. The lowest BCUT2D eigenvalue weighted by Crippen LogP contribution is -2.28. The van der Waals surface area contributed by atoms with Crippen LogP contribution in [-0.2, 0) is 16.4 Å². The third-order valence-corrected chi connectivity index (χ3v) is 7.62. The Balaban J connectivity index is 1.68. The van der Waals surface area contributed by atoms with Crippen molar-refractivity contribution in [2.75, 3.05) is 13.1 Å². The van der Waals surface area contributed by atoms with Gasteiger partial charge in [0, 0.05) is 23.2 Å². The minimum absolute atomic E-state index is 0.148. The molecule has 3 heterocycles. The molecule has 1 N–H and O–H groups in total. The van der Waals surface area contributed by atoms with E-state index in [1.54, 1.807) is 36.7 Å². The molecule has 0 amide bonds. The first-order valence-electron chi connectivity index (χ1n) is 10.1. The Morgan fingerprint density at radius 2 is 1.90 bits per heavy atom. The van der Waals surface area contributed by atoms with Gasteiger partial charge in [-0.1, -0.05) is 18.2 Å². The first kappa shape index (κ1) is 19.2. The molecule has 0 spiro atoms. The minimum Gasteiger partial charge on any atom is -0.317 e. The summed E-state index contributed by atoms with van der Waals surface area (Å²) in [5.41, 5.74) is 1.80. The van der Waals surface area contributed by atoms with Gasteiger partial charge in [0.2, 0.25) is 0 Å². The fourth-order valence-electron chi connectivity index (χ4n) is 4.39. The van der Waals surface area contributed by atoms with E-state index in [1.807, 2.05) is 12.1 Å². The van der Waals surface area contributed by atoms with Crippen LogP contribution in [0.25, 0.3) is 21.8 Å². The monoisotopic (exact) mass is 423 g/mol. The van der Waals surface area contributed by atoms with E-state index >= 15 is 0 Å². The summed E-state index contributed by atoms with van der Waals surface area (Å²) in [5, 5.41) is 4.76. The Hall–Kier alpha value is -2.77. The predicted molar refractivity (Wildman–Crippen MR) is 116 cm³/mol. The van der Waals surface area contributed by atoms with Crippen LogP contribution in [0, 0.1) is 11.7 Å². The van der Waals surface area contributed by atoms with Crippen LogP contribution < -0.4 is 5.32 Å². The van der Waals surface area contributed by atoms with Gasteiger partial charge >= 0.3 is 0 Å². The average Bonchev–Trinajstić information content (AvgIpc) is 3.12. The van der Waals surface area contributed by atoms with Crippen molar-refractivity contribution in [2.24, 2.45) is 5.92 Å². The molecular weight excluding hydrogens is 401 g/mol. The number of hydrogen-bond acceptors (Lipinski definition) is 4. The van der Waals surface area contributed by atoms with Crippen molar-refractivity contribution in [1.82, 2.24) is 14.3 Å². The van der Waals surface area contributed by atoms with Crippen molar-refractivity contribution in [2.45, 2.75) is 24.2 Å². The summed E-state index contributed by atoms with van der Waals surface area (Å²) in [6, 6.07) is 13.1. The van der Waals surface area contributed by atoms with Crippen LogP contribution in [0.4, 0.5) is 4.39 Å². The predicted octanol–water partition coefficient (Wildman–Crippen LogP) is 4.11. The van der Waals surface area contributed by atoms with E-state index in [2.05, 4.69) is 10.3 Å². The highest BCUT2D eigenvalue weighted by Crippen LogP contribution is 2.31. The summed E-state index contributed by atoms with van der Waals surface area (Å²) in [6.07, 6.45) is 6.05. The van der Waals surface area contributed by atoms with Crippen LogP contribution in [0.2, 0.25) is 0 Å². The molecule has 0 atom stereocenters. The second kappa shape index (κ2) is 7.49. The zero-order chi connectivity index (χ0) is 20.7. The van der Waals surface area contributed by atoms with Crippen LogP contribution >= 0.6 is 0 Å². The van der Waals surface area contributed by atoms with Gasteiger partial charge in [-0.2, -0.15) is 0 Å². The number of hydrogen-bond donors (Lipinski definition) is 1. The molecule has 2 aromatic carbocycles. The van der Waals surface area contributed by atoms with Gasteiger partial charge in [-0.3, -0.25) is 4.98 Å². The van der Waals surface area contributed by atoms with E-state index in [1.165, 1.54) is 16.1 Å². The van der Waals surface area contributed by atoms with Crippen molar-refractivity contribution in [1.29, 1.82) is 0 Å².